The molecule has 1 rings (SSSR count). The van der Waals surface area contributed by atoms with Crippen molar-refractivity contribution in [1.29, 1.82) is 0 Å². The average molecular weight is 265 g/mol. The van der Waals surface area contributed by atoms with E-state index >= 15 is 0 Å². The summed E-state index contributed by atoms with van der Waals surface area (Å²) >= 11 is 0. The molecule has 0 atom stereocenters. The molecule has 0 aliphatic carbocycles. The van der Waals surface area contributed by atoms with Crippen LogP contribution in [0.15, 0.2) is 12.1 Å². The molecule has 0 aliphatic rings. The largest absolute Gasteiger partial charge is 0.370 e. The Hall–Kier alpha value is -1.65. The lowest BCUT2D eigenvalue weighted by atomic mass is 10.1. The van der Waals surface area contributed by atoms with Gasteiger partial charge in [0.1, 0.15) is 11.5 Å². The summed E-state index contributed by atoms with van der Waals surface area (Å²) in [6.07, 6.45) is 7.51. The van der Waals surface area contributed by atoms with E-state index in [0.717, 1.165) is 18.8 Å². The van der Waals surface area contributed by atoms with Crippen LogP contribution in [0.3, 0.4) is 0 Å². The first-order chi connectivity index (χ1) is 9.15. The topological polar surface area (TPSA) is 68.1 Å². The third-order valence-electron chi connectivity index (χ3n) is 3.09. The van der Waals surface area contributed by atoms with E-state index in [4.69, 9.17) is 0 Å². The van der Waals surface area contributed by atoms with Gasteiger partial charge in [-0.15, -0.1) is 0 Å². The van der Waals surface area contributed by atoms with E-state index in [-0.39, 0.29) is 5.69 Å². The molecule has 0 bridgehead atoms. The predicted molar refractivity (Wildman–Crippen MR) is 77.5 cm³/mol. The van der Waals surface area contributed by atoms with Gasteiger partial charge >= 0.3 is 0 Å². The Morgan fingerprint density at radius 2 is 1.89 bits per heavy atom. The minimum Gasteiger partial charge on any atom is -0.370 e. The van der Waals surface area contributed by atoms with Gasteiger partial charge in [-0.05, 0) is 19.4 Å². The van der Waals surface area contributed by atoms with Gasteiger partial charge in [0, 0.05) is 12.6 Å². The smallest absolute Gasteiger partial charge is 0.290 e. The molecule has 1 aromatic heterocycles. The third-order valence-corrected chi connectivity index (χ3v) is 3.09. The summed E-state index contributed by atoms with van der Waals surface area (Å²) in [5.74, 6) is 0.719. The number of pyridine rings is 1. The molecule has 5 heteroatoms. The predicted octanol–water partition coefficient (Wildman–Crippen LogP) is 4.07. The van der Waals surface area contributed by atoms with Crippen LogP contribution in [0.2, 0.25) is 0 Å². The van der Waals surface area contributed by atoms with Crippen molar-refractivity contribution in [1.82, 2.24) is 4.98 Å². The Morgan fingerprint density at radius 3 is 2.53 bits per heavy atom. The summed E-state index contributed by atoms with van der Waals surface area (Å²) in [7, 11) is 0. The molecule has 0 saturated heterocycles. The number of unbranched alkanes of at least 4 members (excludes halogenated alkanes) is 5. The molecular formula is C14H23N3O2. The highest BCUT2D eigenvalue weighted by atomic mass is 16.6. The number of aromatic nitrogens is 1. The van der Waals surface area contributed by atoms with E-state index in [1.165, 1.54) is 38.2 Å². The molecule has 106 valence electrons. The van der Waals surface area contributed by atoms with E-state index in [0.29, 0.717) is 5.69 Å². The second kappa shape index (κ2) is 8.45. The molecule has 0 fully saturated rings. The SMILES string of the molecule is CCCCCCCCNc1ccc([N+](=O)[O-])c(C)n1. The molecule has 1 heterocycles. The zero-order valence-corrected chi connectivity index (χ0v) is 11.8. The fraction of sp³-hybridized carbons (Fsp3) is 0.643. The first-order valence-electron chi connectivity index (χ1n) is 7.01. The number of hydrogen-bond acceptors (Lipinski definition) is 4. The van der Waals surface area contributed by atoms with Crippen molar-refractivity contribution in [2.45, 2.75) is 52.4 Å². The van der Waals surface area contributed by atoms with Gasteiger partial charge in [0.05, 0.1) is 4.92 Å². The average Bonchev–Trinajstić information content (AvgIpc) is 2.37. The lowest BCUT2D eigenvalue weighted by molar-refractivity contribution is -0.385. The van der Waals surface area contributed by atoms with E-state index in [9.17, 15) is 10.1 Å². The Kier molecular flexibility index (Phi) is 6.85. The molecule has 5 nitrogen and oxygen atoms in total. The first kappa shape index (κ1) is 15.4. The van der Waals surface area contributed by atoms with Crippen LogP contribution in [0.25, 0.3) is 0 Å². The van der Waals surface area contributed by atoms with Crippen molar-refractivity contribution < 1.29 is 4.92 Å². The number of nitrogens with one attached hydrogen (secondary N) is 1. The molecule has 0 spiro atoms. The van der Waals surface area contributed by atoms with Crippen molar-refractivity contribution >= 4 is 11.5 Å². The minimum absolute atomic E-state index is 0.0742. The molecule has 0 aromatic carbocycles. The van der Waals surface area contributed by atoms with Crippen LogP contribution >= 0.6 is 0 Å². The highest BCUT2D eigenvalue weighted by Crippen LogP contribution is 2.17. The zero-order valence-electron chi connectivity index (χ0n) is 11.8. The summed E-state index contributed by atoms with van der Waals surface area (Å²) in [5.41, 5.74) is 0.531. The van der Waals surface area contributed by atoms with Gasteiger partial charge in [-0.25, -0.2) is 4.98 Å². The number of anilines is 1. The number of nitro groups is 1. The number of nitrogens with zero attached hydrogens (tertiary/aromatic N) is 2. The lowest BCUT2D eigenvalue weighted by Gasteiger charge is -2.06. The maximum atomic E-state index is 10.7. The van der Waals surface area contributed by atoms with E-state index in [1.807, 2.05) is 0 Å². The second-order valence-corrected chi connectivity index (χ2v) is 4.75. The van der Waals surface area contributed by atoms with Crippen LogP contribution < -0.4 is 5.32 Å². The zero-order chi connectivity index (χ0) is 14.1. The molecule has 1 N–H and O–H groups in total. The van der Waals surface area contributed by atoms with Gasteiger partial charge in [-0.3, -0.25) is 10.1 Å². The van der Waals surface area contributed by atoms with Crippen LogP contribution in [0.4, 0.5) is 11.5 Å². The summed E-state index contributed by atoms with van der Waals surface area (Å²) in [6, 6.07) is 3.17. The Balaban J connectivity index is 2.26. The maximum absolute atomic E-state index is 10.7. The van der Waals surface area contributed by atoms with Crippen molar-refractivity contribution in [2.24, 2.45) is 0 Å². The summed E-state index contributed by atoms with van der Waals surface area (Å²) in [6.45, 7) is 4.74. The highest BCUT2D eigenvalue weighted by Gasteiger charge is 2.11. The quantitative estimate of drug-likeness (QED) is 0.415. The molecule has 0 unspecified atom stereocenters. The monoisotopic (exact) mass is 265 g/mol. The van der Waals surface area contributed by atoms with Crippen molar-refractivity contribution in [2.75, 3.05) is 11.9 Å². The van der Waals surface area contributed by atoms with Gasteiger partial charge in [0.15, 0.2) is 0 Å². The van der Waals surface area contributed by atoms with Crippen molar-refractivity contribution in [3.05, 3.63) is 27.9 Å². The molecular weight excluding hydrogens is 242 g/mol. The fourth-order valence-electron chi connectivity index (χ4n) is 1.97. The second-order valence-electron chi connectivity index (χ2n) is 4.75. The molecule has 1 aromatic rings. The van der Waals surface area contributed by atoms with Crippen LogP contribution in [0.5, 0.6) is 0 Å². The van der Waals surface area contributed by atoms with Crippen LogP contribution in [-0.4, -0.2) is 16.5 Å². The van der Waals surface area contributed by atoms with Gasteiger partial charge in [-0.1, -0.05) is 39.0 Å². The fourth-order valence-corrected chi connectivity index (χ4v) is 1.97. The third kappa shape index (κ3) is 5.68. The van der Waals surface area contributed by atoms with Gasteiger partial charge in [0.2, 0.25) is 0 Å². The lowest BCUT2D eigenvalue weighted by Crippen LogP contribution is -2.05. The molecule has 0 saturated carbocycles. The number of aryl methyl sites for hydroxylation is 1. The number of hydrogen-bond donors (Lipinski definition) is 1. The Bertz CT molecular complexity index is 408. The van der Waals surface area contributed by atoms with Crippen LogP contribution in [0, 0.1) is 17.0 Å². The van der Waals surface area contributed by atoms with Gasteiger partial charge in [0.25, 0.3) is 5.69 Å². The first-order valence-corrected chi connectivity index (χ1v) is 7.01. The van der Waals surface area contributed by atoms with Gasteiger partial charge in [-0.2, -0.15) is 0 Å². The standard InChI is InChI=1S/C14H23N3O2/c1-3-4-5-6-7-8-11-15-14-10-9-13(17(18)19)12(2)16-14/h9-10H,3-8,11H2,1-2H3,(H,15,16). The minimum atomic E-state index is -0.403. The van der Waals surface area contributed by atoms with Gasteiger partial charge < -0.3 is 5.32 Å². The van der Waals surface area contributed by atoms with E-state index in [2.05, 4.69) is 17.2 Å². The Labute approximate surface area is 114 Å². The van der Waals surface area contributed by atoms with Crippen molar-refractivity contribution in [3.8, 4) is 0 Å². The molecule has 0 amide bonds. The van der Waals surface area contributed by atoms with E-state index in [1.54, 1.807) is 13.0 Å². The normalized spacial score (nSPS) is 10.4. The molecule has 19 heavy (non-hydrogen) atoms. The number of rotatable bonds is 9. The Morgan fingerprint density at radius 1 is 1.21 bits per heavy atom. The van der Waals surface area contributed by atoms with Crippen LogP contribution in [-0.2, 0) is 0 Å². The van der Waals surface area contributed by atoms with Crippen LogP contribution in [0.1, 0.15) is 51.1 Å². The summed E-state index contributed by atoms with van der Waals surface area (Å²) in [4.78, 5) is 14.4. The van der Waals surface area contributed by atoms with E-state index < -0.39 is 4.92 Å². The molecule has 0 aliphatic heterocycles. The molecule has 0 radical (unpaired) electrons. The highest BCUT2D eigenvalue weighted by molar-refractivity contribution is 5.44. The summed E-state index contributed by atoms with van der Waals surface area (Å²) in [5, 5.41) is 13.9. The summed E-state index contributed by atoms with van der Waals surface area (Å²) < 4.78 is 0. The maximum Gasteiger partial charge on any atom is 0.290 e. The van der Waals surface area contributed by atoms with Crippen molar-refractivity contribution in [3.63, 3.8) is 0 Å².